The van der Waals surface area contributed by atoms with Gasteiger partial charge in [-0.25, -0.2) is 0 Å². The van der Waals surface area contributed by atoms with E-state index in [1.54, 1.807) is 0 Å². The second-order valence-electron chi connectivity index (χ2n) is 6.15. The lowest BCUT2D eigenvalue weighted by molar-refractivity contribution is -0.132. The fourth-order valence-electron chi connectivity index (χ4n) is 3.24. The molecule has 1 amide bonds. The van der Waals surface area contributed by atoms with Gasteiger partial charge in [0.2, 0.25) is 5.91 Å². The first kappa shape index (κ1) is 15.0. The van der Waals surface area contributed by atoms with Crippen LogP contribution in [0, 0.1) is 0 Å². The van der Waals surface area contributed by atoms with Gasteiger partial charge < -0.3 is 10.2 Å². The smallest absolute Gasteiger partial charge is 0.222 e. The second kappa shape index (κ2) is 6.93. The molecule has 3 rings (SSSR count). The van der Waals surface area contributed by atoms with Crippen molar-refractivity contribution in [1.29, 1.82) is 0 Å². The topological polar surface area (TPSA) is 32.3 Å². The lowest BCUT2D eigenvalue weighted by Gasteiger charge is -2.32. The van der Waals surface area contributed by atoms with Crippen LogP contribution in [0.4, 0.5) is 0 Å². The van der Waals surface area contributed by atoms with Crippen LogP contribution in [0.3, 0.4) is 0 Å². The quantitative estimate of drug-likeness (QED) is 0.940. The lowest BCUT2D eigenvalue weighted by atomic mass is 10.0. The van der Waals surface area contributed by atoms with E-state index in [1.807, 2.05) is 11.9 Å². The molecule has 116 valence electrons. The van der Waals surface area contributed by atoms with Crippen LogP contribution in [0.2, 0.25) is 0 Å². The summed E-state index contributed by atoms with van der Waals surface area (Å²) < 4.78 is 0. The van der Waals surface area contributed by atoms with Crippen LogP contribution < -0.4 is 5.32 Å². The Morgan fingerprint density at radius 3 is 2.86 bits per heavy atom. The number of benzene rings is 2. The molecule has 0 bridgehead atoms. The van der Waals surface area contributed by atoms with E-state index in [2.05, 4.69) is 47.8 Å². The molecule has 0 aliphatic carbocycles. The van der Waals surface area contributed by atoms with Gasteiger partial charge in [-0.1, -0.05) is 42.5 Å². The van der Waals surface area contributed by atoms with Gasteiger partial charge in [0.05, 0.1) is 0 Å². The number of likely N-dealkylation sites (N-methyl/N-ethyl adjacent to an activating group) is 1. The molecule has 2 aromatic carbocycles. The van der Waals surface area contributed by atoms with E-state index in [4.69, 9.17) is 0 Å². The molecule has 1 unspecified atom stereocenters. The number of hydrogen-bond acceptors (Lipinski definition) is 2. The highest BCUT2D eigenvalue weighted by atomic mass is 16.2. The molecule has 2 aromatic rings. The van der Waals surface area contributed by atoms with E-state index >= 15 is 0 Å². The number of likely N-dealkylation sites (tertiary alicyclic amines) is 1. The first-order chi connectivity index (χ1) is 10.8. The molecule has 1 N–H and O–H groups in total. The molecule has 1 fully saturated rings. The Hall–Kier alpha value is -1.87. The van der Waals surface area contributed by atoms with Crippen LogP contribution in [0.1, 0.15) is 24.8 Å². The molecule has 0 aromatic heterocycles. The summed E-state index contributed by atoms with van der Waals surface area (Å²) in [5.41, 5.74) is 1.24. The van der Waals surface area contributed by atoms with Crippen LogP contribution in [0.5, 0.6) is 0 Å². The van der Waals surface area contributed by atoms with Crippen LogP contribution in [0.15, 0.2) is 42.5 Å². The van der Waals surface area contributed by atoms with Gasteiger partial charge in [0.15, 0.2) is 0 Å². The zero-order valence-corrected chi connectivity index (χ0v) is 13.2. The number of carbonyl (C=O) groups is 1. The maximum Gasteiger partial charge on any atom is 0.222 e. The number of carbonyl (C=O) groups excluding carboxylic acids is 1. The minimum Gasteiger partial charge on any atom is -0.341 e. The molecule has 3 heteroatoms. The fraction of sp³-hybridized carbons (Fsp3) is 0.421. The minimum absolute atomic E-state index is 0.285. The molecule has 0 saturated carbocycles. The van der Waals surface area contributed by atoms with E-state index in [1.165, 1.54) is 22.8 Å². The molecule has 1 heterocycles. The van der Waals surface area contributed by atoms with Crippen LogP contribution in [-0.2, 0) is 11.2 Å². The summed E-state index contributed by atoms with van der Waals surface area (Å²) in [6.07, 6.45) is 3.71. The number of rotatable bonds is 4. The van der Waals surface area contributed by atoms with E-state index in [0.29, 0.717) is 12.5 Å². The Balaban J connectivity index is 1.59. The Bertz CT molecular complexity index is 653. The molecule has 1 aliphatic rings. The molecule has 1 atom stereocenters. The highest BCUT2D eigenvalue weighted by molar-refractivity contribution is 5.83. The number of nitrogens with zero attached hydrogens (tertiary/aromatic N) is 1. The third kappa shape index (κ3) is 3.47. The molecular formula is C19H24N2O. The van der Waals surface area contributed by atoms with E-state index in [9.17, 15) is 4.79 Å². The maximum absolute atomic E-state index is 12.4. The largest absolute Gasteiger partial charge is 0.341 e. The van der Waals surface area contributed by atoms with E-state index in [0.717, 1.165) is 25.9 Å². The van der Waals surface area contributed by atoms with Gasteiger partial charge in [-0.2, -0.15) is 0 Å². The van der Waals surface area contributed by atoms with Gasteiger partial charge in [0, 0.05) is 25.6 Å². The zero-order chi connectivity index (χ0) is 15.4. The predicted molar refractivity (Wildman–Crippen MR) is 90.9 cm³/mol. The van der Waals surface area contributed by atoms with Gasteiger partial charge in [-0.3, -0.25) is 4.79 Å². The Morgan fingerprint density at radius 2 is 2.05 bits per heavy atom. The van der Waals surface area contributed by atoms with Crippen molar-refractivity contribution in [3.8, 4) is 0 Å². The Morgan fingerprint density at radius 1 is 1.23 bits per heavy atom. The monoisotopic (exact) mass is 296 g/mol. The van der Waals surface area contributed by atoms with Crippen molar-refractivity contribution in [2.45, 2.75) is 31.7 Å². The molecule has 0 radical (unpaired) electrons. The number of piperidine rings is 1. The summed E-state index contributed by atoms with van der Waals surface area (Å²) in [5, 5.41) is 5.79. The van der Waals surface area contributed by atoms with Gasteiger partial charge in [-0.05, 0) is 42.6 Å². The van der Waals surface area contributed by atoms with Crippen LogP contribution in [0.25, 0.3) is 10.8 Å². The molecule has 3 nitrogen and oxygen atoms in total. The summed E-state index contributed by atoms with van der Waals surface area (Å²) >= 11 is 0. The maximum atomic E-state index is 12.4. The number of hydrogen-bond donors (Lipinski definition) is 1. The zero-order valence-electron chi connectivity index (χ0n) is 13.2. The Labute approximate surface area is 132 Å². The van der Waals surface area contributed by atoms with Gasteiger partial charge in [0.25, 0.3) is 0 Å². The van der Waals surface area contributed by atoms with Crippen molar-refractivity contribution in [3.63, 3.8) is 0 Å². The first-order valence-corrected chi connectivity index (χ1v) is 8.19. The highest BCUT2D eigenvalue weighted by Crippen LogP contribution is 2.17. The van der Waals surface area contributed by atoms with Crippen molar-refractivity contribution in [3.05, 3.63) is 48.0 Å². The Kier molecular flexibility index (Phi) is 4.74. The normalized spacial score (nSPS) is 18.6. The van der Waals surface area contributed by atoms with Crippen LogP contribution >= 0.6 is 0 Å². The number of aryl methyl sites for hydroxylation is 1. The van der Waals surface area contributed by atoms with Crippen molar-refractivity contribution in [2.24, 2.45) is 0 Å². The second-order valence-corrected chi connectivity index (χ2v) is 6.15. The first-order valence-electron chi connectivity index (χ1n) is 8.19. The summed E-state index contributed by atoms with van der Waals surface area (Å²) in [5.74, 6) is 0.285. The third-order valence-corrected chi connectivity index (χ3v) is 4.62. The fourth-order valence-corrected chi connectivity index (χ4v) is 3.24. The highest BCUT2D eigenvalue weighted by Gasteiger charge is 2.22. The minimum atomic E-state index is 0.285. The van der Waals surface area contributed by atoms with E-state index < -0.39 is 0 Å². The number of amides is 1. The summed E-state index contributed by atoms with van der Waals surface area (Å²) in [6, 6.07) is 15.3. The van der Waals surface area contributed by atoms with E-state index in [-0.39, 0.29) is 5.91 Å². The van der Waals surface area contributed by atoms with Crippen molar-refractivity contribution < 1.29 is 4.79 Å². The summed E-state index contributed by atoms with van der Waals surface area (Å²) in [4.78, 5) is 14.4. The standard InChI is InChI=1S/C19H24N2O/c1-20-18-7-4-12-21(14-18)19(22)11-9-15-8-10-16-5-2-3-6-17(16)13-15/h2-3,5-6,8,10,13,18,20H,4,7,9,11-12,14H2,1H3. The van der Waals surface area contributed by atoms with Gasteiger partial charge in [-0.15, -0.1) is 0 Å². The van der Waals surface area contributed by atoms with Crippen molar-refractivity contribution in [2.75, 3.05) is 20.1 Å². The molecule has 22 heavy (non-hydrogen) atoms. The predicted octanol–water partition coefficient (Wildman–Crippen LogP) is 2.98. The summed E-state index contributed by atoms with van der Waals surface area (Å²) in [6.45, 7) is 1.77. The van der Waals surface area contributed by atoms with Crippen molar-refractivity contribution >= 4 is 16.7 Å². The molecule has 1 aliphatic heterocycles. The molecule has 0 spiro atoms. The number of nitrogens with one attached hydrogen (secondary N) is 1. The molecular weight excluding hydrogens is 272 g/mol. The SMILES string of the molecule is CNC1CCCN(C(=O)CCc2ccc3ccccc3c2)C1. The van der Waals surface area contributed by atoms with Crippen molar-refractivity contribution in [1.82, 2.24) is 10.2 Å². The lowest BCUT2D eigenvalue weighted by Crippen LogP contribution is -2.47. The van der Waals surface area contributed by atoms with Gasteiger partial charge >= 0.3 is 0 Å². The number of fused-ring (bicyclic) bond motifs is 1. The molecule has 1 saturated heterocycles. The summed E-state index contributed by atoms with van der Waals surface area (Å²) in [7, 11) is 1.98. The third-order valence-electron chi connectivity index (χ3n) is 4.62. The average molecular weight is 296 g/mol. The van der Waals surface area contributed by atoms with Crippen LogP contribution in [-0.4, -0.2) is 37.0 Å². The average Bonchev–Trinajstić information content (AvgIpc) is 2.59. The van der Waals surface area contributed by atoms with Gasteiger partial charge in [0.1, 0.15) is 0 Å².